The van der Waals surface area contributed by atoms with Crippen molar-refractivity contribution in [1.82, 2.24) is 15.0 Å². The fourth-order valence-electron chi connectivity index (χ4n) is 5.97. The first kappa shape index (κ1) is 30.5. The van der Waals surface area contributed by atoms with Gasteiger partial charge in [-0.25, -0.2) is 4.39 Å². The number of para-hydroxylation sites is 1. The number of hydrogen-bond acceptors (Lipinski definition) is 7. The van der Waals surface area contributed by atoms with Crippen molar-refractivity contribution < 1.29 is 23.5 Å². The molecule has 1 heterocycles. The Balaban J connectivity index is 1.54. The lowest BCUT2D eigenvalue weighted by Gasteiger charge is -2.33. The smallest absolute Gasteiger partial charge is 0.273 e. The molecule has 9 nitrogen and oxygen atoms in total. The molecule has 11 heteroatoms. The molecule has 0 radical (unpaired) electrons. The Bertz CT molecular complexity index is 1430. The Kier molecular flexibility index (Phi) is 9.91. The van der Waals surface area contributed by atoms with E-state index in [2.05, 4.69) is 15.0 Å². The number of methoxy groups -OCH3 is 1. The number of nitrogens with two attached hydrogens (primary N) is 1. The summed E-state index contributed by atoms with van der Waals surface area (Å²) in [7, 11) is 1.53. The van der Waals surface area contributed by atoms with Crippen molar-refractivity contribution in [2.45, 2.75) is 82.3 Å². The summed E-state index contributed by atoms with van der Waals surface area (Å²) < 4.78 is 25.0. The summed E-state index contributed by atoms with van der Waals surface area (Å²) in [6.45, 7) is 0. The molecule has 0 bridgehead atoms. The SMILES string of the molecule is COc1ccc(C(C(=O)NC2CCCCC2)N(C(=O)c2snc(C(=O)NC3CCCCC3)c2N)c2ccccc2F)cc1. The summed E-state index contributed by atoms with van der Waals surface area (Å²) in [6, 6.07) is 11.3. The second-order valence-corrected chi connectivity index (χ2v) is 12.0. The largest absolute Gasteiger partial charge is 0.497 e. The lowest BCUT2D eigenvalue weighted by Crippen LogP contribution is -2.47. The number of anilines is 2. The molecule has 1 atom stereocenters. The van der Waals surface area contributed by atoms with E-state index in [1.165, 1.54) is 25.3 Å². The summed E-state index contributed by atoms with van der Waals surface area (Å²) in [5.41, 5.74) is 6.63. The Morgan fingerprint density at radius 3 is 2.14 bits per heavy atom. The van der Waals surface area contributed by atoms with Crippen molar-refractivity contribution in [1.29, 1.82) is 0 Å². The molecule has 228 valence electrons. The van der Waals surface area contributed by atoms with E-state index in [1.807, 2.05) is 0 Å². The van der Waals surface area contributed by atoms with Gasteiger partial charge < -0.3 is 21.1 Å². The molecule has 4 N–H and O–H groups in total. The van der Waals surface area contributed by atoms with Crippen LogP contribution < -0.4 is 26.0 Å². The number of nitrogens with zero attached hydrogens (tertiary/aromatic N) is 2. The van der Waals surface area contributed by atoms with Crippen molar-refractivity contribution in [2.24, 2.45) is 0 Å². The molecule has 43 heavy (non-hydrogen) atoms. The van der Waals surface area contributed by atoms with Crippen LogP contribution in [-0.2, 0) is 4.79 Å². The highest BCUT2D eigenvalue weighted by atomic mass is 32.1. The van der Waals surface area contributed by atoms with Gasteiger partial charge in [-0.05, 0) is 67.0 Å². The minimum absolute atomic E-state index is 0.0272. The summed E-state index contributed by atoms with van der Waals surface area (Å²) in [5, 5.41) is 6.10. The van der Waals surface area contributed by atoms with Crippen molar-refractivity contribution in [3.8, 4) is 5.75 Å². The minimum Gasteiger partial charge on any atom is -0.497 e. The van der Waals surface area contributed by atoms with Crippen LogP contribution in [0.25, 0.3) is 0 Å². The highest BCUT2D eigenvalue weighted by Gasteiger charge is 2.38. The van der Waals surface area contributed by atoms with Gasteiger partial charge in [0.15, 0.2) is 5.69 Å². The molecule has 3 aromatic rings. The number of carbonyl (C=O) groups is 3. The van der Waals surface area contributed by atoms with Gasteiger partial charge in [0.05, 0.1) is 18.5 Å². The van der Waals surface area contributed by atoms with Crippen LogP contribution in [0.4, 0.5) is 15.8 Å². The number of halogens is 1. The molecular weight excluding hydrogens is 569 g/mol. The summed E-state index contributed by atoms with van der Waals surface area (Å²) in [4.78, 5) is 42.7. The lowest BCUT2D eigenvalue weighted by molar-refractivity contribution is -0.123. The molecule has 3 amide bonds. The first-order chi connectivity index (χ1) is 20.9. The number of hydrogen-bond donors (Lipinski definition) is 3. The monoisotopic (exact) mass is 607 g/mol. The number of aromatic nitrogens is 1. The number of nitrogens with one attached hydrogen (secondary N) is 2. The molecule has 2 saturated carbocycles. The van der Waals surface area contributed by atoms with Crippen LogP contribution in [0.15, 0.2) is 48.5 Å². The average Bonchev–Trinajstić information content (AvgIpc) is 3.42. The molecule has 2 aliphatic rings. The van der Waals surface area contributed by atoms with Crippen LogP contribution in [0, 0.1) is 5.82 Å². The first-order valence-electron chi connectivity index (χ1n) is 15.0. The van der Waals surface area contributed by atoms with Crippen LogP contribution >= 0.6 is 11.5 Å². The third-order valence-corrected chi connectivity index (χ3v) is 9.15. The average molecular weight is 608 g/mol. The van der Waals surface area contributed by atoms with Crippen LogP contribution in [0.5, 0.6) is 5.75 Å². The summed E-state index contributed by atoms with van der Waals surface area (Å²) in [5.74, 6) is -1.72. The second kappa shape index (κ2) is 14.0. The first-order valence-corrected chi connectivity index (χ1v) is 15.7. The topological polar surface area (TPSA) is 127 Å². The number of rotatable bonds is 9. The van der Waals surface area contributed by atoms with Crippen LogP contribution in [0.3, 0.4) is 0 Å². The van der Waals surface area contributed by atoms with E-state index in [4.69, 9.17) is 10.5 Å². The molecule has 1 aromatic heterocycles. The second-order valence-electron chi connectivity index (χ2n) is 11.2. The Hall–Kier alpha value is -3.99. The Labute approximate surface area is 255 Å². The van der Waals surface area contributed by atoms with Crippen molar-refractivity contribution in [3.63, 3.8) is 0 Å². The molecule has 2 fully saturated rings. The van der Waals surface area contributed by atoms with Gasteiger partial charge in [-0.1, -0.05) is 62.8 Å². The van der Waals surface area contributed by atoms with Gasteiger partial charge >= 0.3 is 0 Å². The zero-order chi connectivity index (χ0) is 30.3. The van der Waals surface area contributed by atoms with E-state index >= 15 is 4.39 Å². The molecule has 0 saturated heterocycles. The highest BCUT2D eigenvalue weighted by Crippen LogP contribution is 2.35. The number of ether oxygens (including phenoxy) is 1. The van der Waals surface area contributed by atoms with E-state index in [1.54, 1.807) is 30.3 Å². The van der Waals surface area contributed by atoms with E-state index in [0.29, 0.717) is 11.3 Å². The van der Waals surface area contributed by atoms with Gasteiger partial charge in [-0.3, -0.25) is 19.3 Å². The minimum atomic E-state index is -1.24. The van der Waals surface area contributed by atoms with Gasteiger partial charge in [0.1, 0.15) is 22.5 Å². The Morgan fingerprint density at radius 1 is 0.930 bits per heavy atom. The van der Waals surface area contributed by atoms with Crippen LogP contribution in [-0.4, -0.2) is 41.3 Å². The quantitative estimate of drug-likeness (QED) is 0.283. The third kappa shape index (κ3) is 6.98. The molecule has 2 aliphatic carbocycles. The summed E-state index contributed by atoms with van der Waals surface area (Å²) >= 11 is 0.768. The van der Waals surface area contributed by atoms with Gasteiger partial charge in [0.2, 0.25) is 5.91 Å². The lowest BCUT2D eigenvalue weighted by atomic mass is 9.94. The highest BCUT2D eigenvalue weighted by molar-refractivity contribution is 7.09. The molecule has 0 aliphatic heterocycles. The van der Waals surface area contributed by atoms with Gasteiger partial charge in [0, 0.05) is 12.1 Å². The molecule has 1 unspecified atom stereocenters. The number of benzene rings is 2. The van der Waals surface area contributed by atoms with Crippen molar-refractivity contribution in [3.05, 3.63) is 70.5 Å². The van der Waals surface area contributed by atoms with Gasteiger partial charge in [-0.2, -0.15) is 4.37 Å². The van der Waals surface area contributed by atoms with Crippen molar-refractivity contribution in [2.75, 3.05) is 17.7 Å². The fraction of sp³-hybridized carbons (Fsp3) is 0.438. The normalized spacial score (nSPS) is 16.7. The van der Waals surface area contributed by atoms with E-state index in [0.717, 1.165) is 80.6 Å². The van der Waals surface area contributed by atoms with Gasteiger partial charge in [-0.15, -0.1) is 0 Å². The number of nitrogen functional groups attached to an aromatic ring is 1. The third-order valence-electron chi connectivity index (χ3n) is 8.30. The zero-order valence-electron chi connectivity index (χ0n) is 24.3. The maximum atomic E-state index is 15.5. The predicted molar refractivity (Wildman–Crippen MR) is 165 cm³/mol. The van der Waals surface area contributed by atoms with E-state index in [9.17, 15) is 14.4 Å². The van der Waals surface area contributed by atoms with E-state index in [-0.39, 0.29) is 34.0 Å². The van der Waals surface area contributed by atoms with Crippen molar-refractivity contribution >= 4 is 40.6 Å². The van der Waals surface area contributed by atoms with Crippen LogP contribution in [0.1, 0.15) is 96.0 Å². The number of amides is 3. The Morgan fingerprint density at radius 2 is 1.53 bits per heavy atom. The standard InChI is InChI=1S/C32H38FN5O4S/c1-42-23-18-16-20(17-19-23)28(31(40)36-22-12-6-3-7-13-22)38(25-15-9-8-14-24(25)33)32(41)29-26(34)27(37-43-29)30(39)35-21-10-4-2-5-11-21/h8-9,14-19,21-22,28H,2-7,10-13,34H2,1H3,(H,35,39)(H,36,40). The molecule has 0 spiro atoms. The molecular formula is C32H38FN5O4S. The van der Waals surface area contributed by atoms with Crippen LogP contribution in [0.2, 0.25) is 0 Å². The van der Waals surface area contributed by atoms with E-state index < -0.39 is 29.6 Å². The maximum Gasteiger partial charge on any atom is 0.273 e. The maximum absolute atomic E-state index is 15.5. The fourth-order valence-corrected chi connectivity index (χ4v) is 6.70. The summed E-state index contributed by atoms with van der Waals surface area (Å²) in [6.07, 6.45) is 9.72. The zero-order valence-corrected chi connectivity index (χ0v) is 25.1. The van der Waals surface area contributed by atoms with Gasteiger partial charge in [0.25, 0.3) is 11.8 Å². The molecule has 5 rings (SSSR count). The number of carbonyl (C=O) groups excluding carboxylic acids is 3. The molecule has 2 aromatic carbocycles. The predicted octanol–water partition coefficient (Wildman–Crippen LogP) is 5.77.